The van der Waals surface area contributed by atoms with E-state index in [1.54, 1.807) is 13.3 Å². The van der Waals surface area contributed by atoms with E-state index in [4.69, 9.17) is 4.74 Å². The molecule has 0 fully saturated rings. The lowest BCUT2D eigenvalue weighted by Crippen LogP contribution is -2.01. The van der Waals surface area contributed by atoms with Crippen LogP contribution in [-0.2, 0) is 0 Å². The predicted octanol–water partition coefficient (Wildman–Crippen LogP) is 4.09. The molecule has 0 aliphatic carbocycles. The molecule has 3 nitrogen and oxygen atoms in total. The number of aromatic nitrogens is 1. The highest BCUT2D eigenvalue weighted by Gasteiger charge is 2.15. The van der Waals surface area contributed by atoms with Crippen LogP contribution in [0.4, 0.5) is 0 Å². The van der Waals surface area contributed by atoms with Crippen LogP contribution in [0, 0.1) is 0 Å². The highest BCUT2D eigenvalue weighted by Crippen LogP contribution is 2.32. The van der Waals surface area contributed by atoms with E-state index >= 15 is 0 Å². The van der Waals surface area contributed by atoms with E-state index in [9.17, 15) is 5.11 Å². The fourth-order valence-corrected chi connectivity index (χ4v) is 2.80. The van der Waals surface area contributed by atoms with E-state index in [2.05, 4.69) is 20.9 Å². The summed E-state index contributed by atoms with van der Waals surface area (Å²) < 4.78 is 6.11. The van der Waals surface area contributed by atoms with Gasteiger partial charge in [0.05, 0.1) is 12.6 Å². The van der Waals surface area contributed by atoms with E-state index in [1.807, 2.05) is 48.5 Å². The van der Waals surface area contributed by atoms with Crippen molar-refractivity contribution in [3.63, 3.8) is 0 Å². The van der Waals surface area contributed by atoms with Gasteiger partial charge in [0.25, 0.3) is 0 Å². The Hall–Kier alpha value is -1.91. The monoisotopic (exact) mass is 343 g/mol. The number of hydrogen-bond donors (Lipinski definition) is 1. The zero-order valence-electron chi connectivity index (χ0n) is 11.5. The van der Waals surface area contributed by atoms with Gasteiger partial charge in [-0.2, -0.15) is 0 Å². The van der Waals surface area contributed by atoms with Crippen LogP contribution in [0.1, 0.15) is 17.2 Å². The number of halogens is 1. The number of aliphatic hydroxyl groups excluding tert-OH is 1. The molecule has 1 heterocycles. The van der Waals surface area contributed by atoms with Crippen LogP contribution in [0.25, 0.3) is 10.9 Å². The van der Waals surface area contributed by atoms with Crippen LogP contribution in [0.3, 0.4) is 0 Å². The Balaban J connectivity index is 2.08. The van der Waals surface area contributed by atoms with Gasteiger partial charge in [0, 0.05) is 21.6 Å². The number of pyridine rings is 1. The molecule has 1 N–H and O–H groups in total. The third-order valence-electron chi connectivity index (χ3n) is 3.47. The molecule has 0 saturated carbocycles. The molecule has 2 aromatic carbocycles. The van der Waals surface area contributed by atoms with E-state index in [0.29, 0.717) is 0 Å². The van der Waals surface area contributed by atoms with Crippen LogP contribution in [0.5, 0.6) is 5.75 Å². The Morgan fingerprint density at radius 1 is 1.10 bits per heavy atom. The Labute approximate surface area is 131 Å². The fraction of sp³-hybridized carbons (Fsp3) is 0.118. The topological polar surface area (TPSA) is 42.4 Å². The third-order valence-corrected chi connectivity index (χ3v) is 4.17. The van der Waals surface area contributed by atoms with Crippen molar-refractivity contribution in [3.8, 4) is 5.75 Å². The van der Waals surface area contributed by atoms with E-state index < -0.39 is 6.10 Å². The van der Waals surface area contributed by atoms with Crippen LogP contribution in [-0.4, -0.2) is 17.2 Å². The summed E-state index contributed by atoms with van der Waals surface area (Å²) >= 11 is 3.52. The Morgan fingerprint density at radius 2 is 1.86 bits per heavy atom. The van der Waals surface area contributed by atoms with Gasteiger partial charge in [0.2, 0.25) is 0 Å². The number of fused-ring (bicyclic) bond motifs is 1. The number of ether oxygens (including phenoxy) is 1. The zero-order valence-corrected chi connectivity index (χ0v) is 13.0. The summed E-state index contributed by atoms with van der Waals surface area (Å²) in [6.07, 6.45) is 1.01. The molecule has 0 aliphatic heterocycles. The molecule has 106 valence electrons. The standard InChI is InChI=1S/C17H14BrNO2/c1-21-12-6-4-11(5-7-12)17(20)14-8-9-15(18)13-3-2-10-19-16(13)14/h2-10,17,20H,1H3. The van der Waals surface area contributed by atoms with Crippen molar-refractivity contribution in [2.24, 2.45) is 0 Å². The Kier molecular flexibility index (Phi) is 3.90. The van der Waals surface area contributed by atoms with Gasteiger partial charge in [-0.05, 0) is 29.8 Å². The van der Waals surface area contributed by atoms with Gasteiger partial charge in [-0.15, -0.1) is 0 Å². The van der Waals surface area contributed by atoms with Gasteiger partial charge in [-0.25, -0.2) is 0 Å². The van der Waals surface area contributed by atoms with Crippen LogP contribution in [0.15, 0.2) is 59.2 Å². The molecular formula is C17H14BrNO2. The minimum atomic E-state index is -0.721. The summed E-state index contributed by atoms with van der Waals surface area (Å²) in [5, 5.41) is 11.6. The lowest BCUT2D eigenvalue weighted by atomic mass is 9.99. The maximum Gasteiger partial charge on any atom is 0.118 e. The van der Waals surface area contributed by atoms with Gasteiger partial charge in [0.15, 0.2) is 0 Å². The van der Waals surface area contributed by atoms with E-state index in [-0.39, 0.29) is 0 Å². The third kappa shape index (κ3) is 2.64. The minimum Gasteiger partial charge on any atom is -0.497 e. The predicted molar refractivity (Wildman–Crippen MR) is 86.5 cm³/mol. The molecule has 3 rings (SSSR count). The van der Waals surface area contributed by atoms with E-state index in [1.165, 1.54) is 0 Å². The summed E-state index contributed by atoms with van der Waals surface area (Å²) in [4.78, 5) is 4.41. The van der Waals surface area contributed by atoms with Crippen molar-refractivity contribution in [1.82, 2.24) is 4.98 Å². The second kappa shape index (κ2) is 5.84. The quantitative estimate of drug-likeness (QED) is 0.778. The molecule has 1 aromatic heterocycles. The van der Waals surface area contributed by atoms with Crippen molar-refractivity contribution in [2.75, 3.05) is 7.11 Å². The van der Waals surface area contributed by atoms with Gasteiger partial charge in [0.1, 0.15) is 11.9 Å². The first-order valence-electron chi connectivity index (χ1n) is 6.56. The smallest absolute Gasteiger partial charge is 0.118 e. The molecule has 0 spiro atoms. The van der Waals surface area contributed by atoms with Crippen molar-refractivity contribution in [2.45, 2.75) is 6.10 Å². The average molecular weight is 344 g/mol. The summed E-state index contributed by atoms with van der Waals surface area (Å²) in [6.45, 7) is 0. The maximum atomic E-state index is 10.6. The number of hydrogen-bond acceptors (Lipinski definition) is 3. The van der Waals surface area contributed by atoms with Gasteiger partial charge < -0.3 is 9.84 Å². The molecule has 4 heteroatoms. The van der Waals surface area contributed by atoms with E-state index in [0.717, 1.165) is 32.3 Å². The van der Waals surface area contributed by atoms with Crippen molar-refractivity contribution >= 4 is 26.8 Å². The first kappa shape index (κ1) is 14.0. The van der Waals surface area contributed by atoms with Crippen molar-refractivity contribution in [3.05, 3.63) is 70.3 Å². The molecule has 0 bridgehead atoms. The highest BCUT2D eigenvalue weighted by molar-refractivity contribution is 9.10. The van der Waals surface area contributed by atoms with Crippen molar-refractivity contribution in [1.29, 1.82) is 0 Å². The number of nitrogens with zero attached hydrogens (tertiary/aromatic N) is 1. The van der Waals surface area contributed by atoms with Gasteiger partial charge >= 0.3 is 0 Å². The van der Waals surface area contributed by atoms with Crippen molar-refractivity contribution < 1.29 is 9.84 Å². The molecule has 0 amide bonds. The second-order valence-electron chi connectivity index (χ2n) is 4.71. The first-order valence-corrected chi connectivity index (χ1v) is 7.35. The fourth-order valence-electron chi connectivity index (χ4n) is 2.35. The second-order valence-corrected chi connectivity index (χ2v) is 5.57. The number of methoxy groups -OCH3 is 1. The molecular weight excluding hydrogens is 330 g/mol. The SMILES string of the molecule is COc1ccc(C(O)c2ccc(Br)c3cccnc23)cc1. The van der Waals surface area contributed by atoms with Crippen LogP contribution < -0.4 is 4.74 Å². The maximum absolute atomic E-state index is 10.6. The van der Waals surface area contributed by atoms with Crippen LogP contribution in [0.2, 0.25) is 0 Å². The average Bonchev–Trinajstić information content (AvgIpc) is 2.55. The molecule has 1 unspecified atom stereocenters. The molecule has 0 radical (unpaired) electrons. The number of aliphatic hydroxyl groups is 1. The molecule has 3 aromatic rings. The first-order chi connectivity index (χ1) is 10.2. The van der Waals surface area contributed by atoms with Crippen LogP contribution >= 0.6 is 15.9 Å². The van der Waals surface area contributed by atoms with Gasteiger partial charge in [-0.1, -0.05) is 40.2 Å². The largest absolute Gasteiger partial charge is 0.497 e. The zero-order chi connectivity index (χ0) is 14.8. The molecule has 0 saturated heterocycles. The summed E-state index contributed by atoms with van der Waals surface area (Å²) in [7, 11) is 1.62. The van der Waals surface area contributed by atoms with Gasteiger partial charge in [-0.3, -0.25) is 4.98 Å². The normalized spacial score (nSPS) is 12.3. The Bertz CT molecular complexity index is 771. The number of benzene rings is 2. The molecule has 21 heavy (non-hydrogen) atoms. The lowest BCUT2D eigenvalue weighted by molar-refractivity contribution is 0.221. The number of rotatable bonds is 3. The summed E-state index contributed by atoms with van der Waals surface area (Å²) in [6, 6.07) is 15.1. The minimum absolute atomic E-state index is 0.721. The molecule has 1 atom stereocenters. The Morgan fingerprint density at radius 3 is 2.57 bits per heavy atom. The summed E-state index contributed by atoms with van der Waals surface area (Å²) in [5.41, 5.74) is 2.40. The summed E-state index contributed by atoms with van der Waals surface area (Å²) in [5.74, 6) is 0.768. The molecule has 0 aliphatic rings. The highest BCUT2D eigenvalue weighted by atomic mass is 79.9. The lowest BCUT2D eigenvalue weighted by Gasteiger charge is -2.14.